The third-order valence-electron chi connectivity index (χ3n) is 2.00. The molecule has 13 heavy (non-hydrogen) atoms. The number of rotatable bonds is 1. The molecule has 1 heterocycles. The molecule has 0 N–H and O–H groups in total. The summed E-state index contributed by atoms with van der Waals surface area (Å²) < 4.78 is 0. The standard InChI is InChI=1S/C10H12N2O/c1-8-3-9(2)5-10(4-8)12-6-11-13-7-12/h3-6H,7H2,1-2H3. The van der Waals surface area contributed by atoms with Gasteiger partial charge in [0.1, 0.15) is 6.34 Å². The van der Waals surface area contributed by atoms with Crippen molar-refractivity contribution in [1.29, 1.82) is 0 Å². The van der Waals surface area contributed by atoms with Crippen LogP contribution in [0.1, 0.15) is 11.1 Å². The first-order valence-corrected chi connectivity index (χ1v) is 4.26. The topological polar surface area (TPSA) is 24.8 Å². The van der Waals surface area contributed by atoms with E-state index in [9.17, 15) is 0 Å². The van der Waals surface area contributed by atoms with Crippen molar-refractivity contribution in [2.24, 2.45) is 5.16 Å². The molecule has 2 rings (SSSR count). The molecular weight excluding hydrogens is 164 g/mol. The number of hydrogen-bond donors (Lipinski definition) is 0. The van der Waals surface area contributed by atoms with Gasteiger partial charge in [0.05, 0.1) is 0 Å². The SMILES string of the molecule is Cc1cc(C)cc(N2C=NOC2)c1. The second kappa shape index (κ2) is 3.09. The van der Waals surface area contributed by atoms with Gasteiger partial charge in [0.25, 0.3) is 0 Å². The van der Waals surface area contributed by atoms with Gasteiger partial charge in [0.15, 0.2) is 6.73 Å². The average Bonchev–Trinajstić information content (AvgIpc) is 2.53. The van der Waals surface area contributed by atoms with Gasteiger partial charge in [-0.1, -0.05) is 11.2 Å². The lowest BCUT2D eigenvalue weighted by molar-refractivity contribution is 0.174. The molecule has 1 aromatic carbocycles. The van der Waals surface area contributed by atoms with Gasteiger partial charge in [-0.2, -0.15) is 0 Å². The molecule has 0 aliphatic carbocycles. The van der Waals surface area contributed by atoms with Crippen molar-refractivity contribution in [2.75, 3.05) is 11.6 Å². The van der Waals surface area contributed by atoms with Crippen molar-refractivity contribution in [2.45, 2.75) is 13.8 Å². The third kappa shape index (κ3) is 1.64. The third-order valence-corrected chi connectivity index (χ3v) is 2.00. The minimum Gasteiger partial charge on any atom is -0.372 e. The van der Waals surface area contributed by atoms with Gasteiger partial charge in [0.2, 0.25) is 0 Å². The van der Waals surface area contributed by atoms with E-state index in [0.717, 1.165) is 5.69 Å². The Balaban J connectivity index is 2.34. The molecule has 0 bridgehead atoms. The average molecular weight is 176 g/mol. The summed E-state index contributed by atoms with van der Waals surface area (Å²) in [6.45, 7) is 4.69. The maximum absolute atomic E-state index is 4.89. The molecule has 0 spiro atoms. The van der Waals surface area contributed by atoms with E-state index in [0.29, 0.717) is 6.73 Å². The van der Waals surface area contributed by atoms with Crippen LogP contribution in [0.25, 0.3) is 0 Å². The highest BCUT2D eigenvalue weighted by Crippen LogP contribution is 2.19. The Labute approximate surface area is 77.6 Å². The maximum Gasteiger partial charge on any atom is 0.194 e. The molecule has 0 aromatic heterocycles. The lowest BCUT2D eigenvalue weighted by Gasteiger charge is -2.13. The van der Waals surface area contributed by atoms with E-state index < -0.39 is 0 Å². The monoisotopic (exact) mass is 176 g/mol. The summed E-state index contributed by atoms with van der Waals surface area (Å²) in [5, 5.41) is 3.70. The fourth-order valence-corrected chi connectivity index (χ4v) is 1.48. The van der Waals surface area contributed by atoms with E-state index in [1.807, 2.05) is 4.90 Å². The predicted molar refractivity (Wildman–Crippen MR) is 52.8 cm³/mol. The summed E-state index contributed by atoms with van der Waals surface area (Å²) in [5.74, 6) is 0. The highest BCUT2D eigenvalue weighted by molar-refractivity contribution is 5.79. The Morgan fingerprint density at radius 2 is 1.92 bits per heavy atom. The summed E-state index contributed by atoms with van der Waals surface area (Å²) >= 11 is 0. The fraction of sp³-hybridized carbons (Fsp3) is 0.300. The molecule has 3 nitrogen and oxygen atoms in total. The first-order chi connectivity index (χ1) is 6.25. The van der Waals surface area contributed by atoms with Crippen molar-refractivity contribution < 1.29 is 4.84 Å². The van der Waals surface area contributed by atoms with Crippen LogP contribution in [0.5, 0.6) is 0 Å². The largest absolute Gasteiger partial charge is 0.372 e. The summed E-state index contributed by atoms with van der Waals surface area (Å²) in [7, 11) is 0. The van der Waals surface area contributed by atoms with Gasteiger partial charge in [0, 0.05) is 5.69 Å². The number of aryl methyl sites for hydroxylation is 2. The van der Waals surface area contributed by atoms with Crippen molar-refractivity contribution in [3.8, 4) is 0 Å². The van der Waals surface area contributed by atoms with Gasteiger partial charge < -0.3 is 4.84 Å². The molecule has 1 aliphatic rings. The van der Waals surface area contributed by atoms with Crippen LogP contribution in [0.3, 0.4) is 0 Å². The van der Waals surface area contributed by atoms with Crippen LogP contribution in [-0.4, -0.2) is 13.1 Å². The fourth-order valence-electron chi connectivity index (χ4n) is 1.48. The number of oxime groups is 1. The highest BCUT2D eigenvalue weighted by Gasteiger charge is 2.09. The van der Waals surface area contributed by atoms with Crippen LogP contribution in [0.4, 0.5) is 5.69 Å². The Morgan fingerprint density at radius 1 is 1.23 bits per heavy atom. The molecular formula is C10H12N2O. The van der Waals surface area contributed by atoms with Crippen LogP contribution in [-0.2, 0) is 4.84 Å². The molecule has 1 aliphatic heterocycles. The maximum atomic E-state index is 4.89. The van der Waals surface area contributed by atoms with E-state index in [4.69, 9.17) is 4.84 Å². The Morgan fingerprint density at radius 3 is 2.46 bits per heavy atom. The number of hydrogen-bond acceptors (Lipinski definition) is 3. The normalized spacial score (nSPS) is 14.8. The summed E-state index contributed by atoms with van der Waals surface area (Å²) in [5.41, 5.74) is 3.66. The van der Waals surface area contributed by atoms with E-state index in [1.54, 1.807) is 6.34 Å². The summed E-state index contributed by atoms with van der Waals surface area (Å²) in [6.07, 6.45) is 1.70. The molecule has 0 saturated heterocycles. The van der Waals surface area contributed by atoms with E-state index >= 15 is 0 Å². The van der Waals surface area contributed by atoms with Crippen LogP contribution >= 0.6 is 0 Å². The van der Waals surface area contributed by atoms with Crippen LogP contribution < -0.4 is 4.90 Å². The first-order valence-electron chi connectivity index (χ1n) is 4.26. The van der Waals surface area contributed by atoms with Crippen molar-refractivity contribution in [3.63, 3.8) is 0 Å². The molecule has 0 saturated carbocycles. The zero-order chi connectivity index (χ0) is 9.26. The molecule has 0 atom stereocenters. The van der Waals surface area contributed by atoms with E-state index in [1.165, 1.54) is 11.1 Å². The minimum absolute atomic E-state index is 0.517. The van der Waals surface area contributed by atoms with E-state index in [2.05, 4.69) is 37.2 Å². The predicted octanol–water partition coefficient (Wildman–Crippen LogP) is 2.04. The van der Waals surface area contributed by atoms with Crippen molar-refractivity contribution in [3.05, 3.63) is 29.3 Å². The Hall–Kier alpha value is -1.51. The van der Waals surface area contributed by atoms with Gasteiger partial charge in [-0.15, -0.1) is 0 Å². The number of anilines is 1. The lowest BCUT2D eigenvalue weighted by atomic mass is 10.1. The summed E-state index contributed by atoms with van der Waals surface area (Å²) in [6, 6.07) is 6.39. The van der Waals surface area contributed by atoms with Gasteiger partial charge in [-0.05, 0) is 37.1 Å². The molecule has 0 fully saturated rings. The van der Waals surface area contributed by atoms with E-state index in [-0.39, 0.29) is 0 Å². The number of nitrogens with zero attached hydrogens (tertiary/aromatic N) is 2. The van der Waals surface area contributed by atoms with Gasteiger partial charge in [-0.3, -0.25) is 4.90 Å². The quantitative estimate of drug-likeness (QED) is 0.654. The van der Waals surface area contributed by atoms with Crippen LogP contribution in [0, 0.1) is 13.8 Å². The van der Waals surface area contributed by atoms with Gasteiger partial charge >= 0.3 is 0 Å². The molecule has 0 unspecified atom stereocenters. The first kappa shape index (κ1) is 8.10. The smallest absolute Gasteiger partial charge is 0.194 e. The highest BCUT2D eigenvalue weighted by atomic mass is 16.6. The summed E-state index contributed by atoms with van der Waals surface area (Å²) in [4.78, 5) is 6.86. The molecule has 3 heteroatoms. The molecule has 68 valence electrons. The zero-order valence-corrected chi connectivity index (χ0v) is 7.82. The second-order valence-electron chi connectivity index (χ2n) is 3.29. The number of benzene rings is 1. The molecule has 0 amide bonds. The van der Waals surface area contributed by atoms with Crippen molar-refractivity contribution in [1.82, 2.24) is 0 Å². The van der Waals surface area contributed by atoms with Crippen LogP contribution in [0.15, 0.2) is 23.4 Å². The Kier molecular flexibility index (Phi) is 1.93. The minimum atomic E-state index is 0.517. The zero-order valence-electron chi connectivity index (χ0n) is 7.82. The lowest BCUT2D eigenvalue weighted by Crippen LogP contribution is -2.17. The molecule has 0 radical (unpaired) electrons. The van der Waals surface area contributed by atoms with Crippen molar-refractivity contribution >= 4 is 12.0 Å². The van der Waals surface area contributed by atoms with Crippen LogP contribution in [0.2, 0.25) is 0 Å². The second-order valence-corrected chi connectivity index (χ2v) is 3.29. The van der Waals surface area contributed by atoms with Gasteiger partial charge in [-0.25, -0.2) is 0 Å². The Bertz CT molecular complexity index is 327. The molecule has 1 aromatic rings.